The summed E-state index contributed by atoms with van der Waals surface area (Å²) in [6.07, 6.45) is 0. The smallest absolute Gasteiger partial charge is 0.164 e. The first-order valence-corrected chi connectivity index (χ1v) is 21.9. The van der Waals surface area contributed by atoms with E-state index in [0.717, 1.165) is 49.4 Å². The monoisotopic (exact) mass is 812 g/mol. The van der Waals surface area contributed by atoms with Gasteiger partial charge in [0.15, 0.2) is 17.5 Å². The van der Waals surface area contributed by atoms with Gasteiger partial charge in [-0.1, -0.05) is 200 Å². The summed E-state index contributed by atoms with van der Waals surface area (Å²) in [6.45, 7) is 0. The van der Waals surface area contributed by atoms with Gasteiger partial charge < -0.3 is 4.57 Å². The Labute approximate surface area is 369 Å². The van der Waals surface area contributed by atoms with Crippen molar-refractivity contribution in [1.82, 2.24) is 19.5 Å². The Hall–Kier alpha value is -8.47. The second kappa shape index (κ2) is 13.3. The minimum atomic E-state index is -0.428. The lowest BCUT2D eigenvalue weighted by molar-refractivity contribution is 0.748. The van der Waals surface area contributed by atoms with Gasteiger partial charge in [0.25, 0.3) is 0 Å². The zero-order valence-corrected chi connectivity index (χ0v) is 34.6. The highest BCUT2D eigenvalue weighted by molar-refractivity contribution is 6.14. The van der Waals surface area contributed by atoms with Crippen LogP contribution in [0.1, 0.15) is 22.3 Å². The highest BCUT2D eigenvalue weighted by atomic mass is 15.0. The molecule has 1 aliphatic carbocycles. The molecule has 296 valence electrons. The van der Waals surface area contributed by atoms with Crippen molar-refractivity contribution < 1.29 is 0 Å². The molecule has 0 N–H and O–H groups in total. The van der Waals surface area contributed by atoms with Gasteiger partial charge in [-0.2, -0.15) is 0 Å². The molecule has 4 heteroatoms. The molecule has 14 rings (SSSR count). The minimum Gasteiger partial charge on any atom is -0.309 e. The lowest BCUT2D eigenvalue weighted by atomic mass is 9.65. The Morgan fingerprint density at radius 1 is 0.312 bits per heavy atom. The van der Waals surface area contributed by atoms with Crippen LogP contribution >= 0.6 is 0 Å². The van der Waals surface area contributed by atoms with Crippen molar-refractivity contribution in [3.63, 3.8) is 0 Å². The Balaban J connectivity index is 0.924. The van der Waals surface area contributed by atoms with Gasteiger partial charge in [0.1, 0.15) is 0 Å². The van der Waals surface area contributed by atoms with E-state index in [0.29, 0.717) is 17.5 Å². The van der Waals surface area contributed by atoms with Gasteiger partial charge in [-0.25, -0.2) is 15.0 Å². The van der Waals surface area contributed by atoms with Crippen LogP contribution in [0.25, 0.3) is 105 Å². The van der Waals surface area contributed by atoms with Crippen molar-refractivity contribution in [3.05, 3.63) is 241 Å². The molecule has 0 radical (unpaired) electrons. The molecule has 0 fully saturated rings. The summed E-state index contributed by atoms with van der Waals surface area (Å²) >= 11 is 0. The molecule has 0 bridgehead atoms. The maximum absolute atomic E-state index is 5.19. The number of aromatic nitrogens is 4. The first-order valence-electron chi connectivity index (χ1n) is 21.9. The molecule has 0 atom stereocenters. The Bertz CT molecular complexity index is 3760. The summed E-state index contributed by atoms with van der Waals surface area (Å²) < 4.78 is 2.51. The molecule has 2 aliphatic rings. The Morgan fingerprint density at radius 2 is 0.781 bits per heavy atom. The van der Waals surface area contributed by atoms with Crippen molar-refractivity contribution in [1.29, 1.82) is 0 Å². The van der Waals surface area contributed by atoms with E-state index in [1.165, 1.54) is 60.9 Å². The van der Waals surface area contributed by atoms with E-state index in [1.807, 2.05) is 0 Å². The Kier molecular flexibility index (Phi) is 7.29. The molecule has 1 aliphatic heterocycles. The average molecular weight is 813 g/mol. The van der Waals surface area contributed by atoms with Crippen molar-refractivity contribution in [2.45, 2.75) is 5.41 Å². The third-order valence-corrected chi connectivity index (χ3v) is 13.9. The maximum Gasteiger partial charge on any atom is 0.164 e. The first-order chi connectivity index (χ1) is 31.7. The molecule has 0 saturated carbocycles. The largest absolute Gasteiger partial charge is 0.309 e. The third-order valence-electron chi connectivity index (χ3n) is 13.9. The van der Waals surface area contributed by atoms with E-state index in [2.05, 4.69) is 223 Å². The number of fused-ring (bicyclic) bond motifs is 14. The summed E-state index contributed by atoms with van der Waals surface area (Å²) in [5, 5.41) is 7.01. The molecule has 10 aromatic carbocycles. The van der Waals surface area contributed by atoms with Gasteiger partial charge >= 0.3 is 0 Å². The van der Waals surface area contributed by atoms with E-state index >= 15 is 0 Å². The molecule has 0 unspecified atom stereocenters. The van der Waals surface area contributed by atoms with Gasteiger partial charge in [0, 0.05) is 27.5 Å². The zero-order chi connectivity index (χ0) is 41.9. The molecule has 0 saturated heterocycles. The highest BCUT2D eigenvalue weighted by Gasteiger charge is 2.50. The summed E-state index contributed by atoms with van der Waals surface area (Å²) in [6, 6.07) is 79.2. The summed E-state index contributed by atoms with van der Waals surface area (Å²) in [5.41, 5.74) is 16.4. The molecule has 2 aromatic heterocycles. The van der Waals surface area contributed by atoms with Crippen LogP contribution in [0.5, 0.6) is 0 Å². The molecular weight excluding hydrogens is 777 g/mol. The maximum atomic E-state index is 5.19. The van der Waals surface area contributed by atoms with Gasteiger partial charge in [0.2, 0.25) is 0 Å². The van der Waals surface area contributed by atoms with Crippen molar-refractivity contribution >= 4 is 43.4 Å². The predicted molar refractivity (Wildman–Crippen MR) is 262 cm³/mol. The average Bonchev–Trinajstić information content (AvgIpc) is 3.86. The van der Waals surface area contributed by atoms with E-state index in [4.69, 9.17) is 15.0 Å². The van der Waals surface area contributed by atoms with Gasteiger partial charge in [-0.05, 0) is 84.3 Å². The molecule has 1 spiro atoms. The highest BCUT2D eigenvalue weighted by Crippen LogP contribution is 2.61. The van der Waals surface area contributed by atoms with Crippen LogP contribution in [-0.4, -0.2) is 19.5 Å². The fraction of sp³-hybridized carbons (Fsp3) is 0.0167. The van der Waals surface area contributed by atoms with Crippen molar-refractivity contribution in [2.75, 3.05) is 0 Å². The first kappa shape index (κ1) is 35.2. The lowest BCUT2D eigenvalue weighted by Crippen LogP contribution is -2.33. The fourth-order valence-electron chi connectivity index (χ4n) is 11.1. The topological polar surface area (TPSA) is 43.6 Å². The Morgan fingerprint density at radius 3 is 1.45 bits per heavy atom. The molecule has 12 aromatic rings. The van der Waals surface area contributed by atoms with E-state index in [9.17, 15) is 0 Å². The summed E-state index contributed by atoms with van der Waals surface area (Å²) in [4.78, 5) is 15.5. The normalized spacial score (nSPS) is 13.1. The van der Waals surface area contributed by atoms with Crippen LogP contribution in [0, 0.1) is 0 Å². The second-order valence-corrected chi connectivity index (χ2v) is 17.1. The van der Waals surface area contributed by atoms with Gasteiger partial charge in [-0.15, -0.1) is 0 Å². The van der Waals surface area contributed by atoms with Gasteiger partial charge in [0.05, 0.1) is 22.1 Å². The third kappa shape index (κ3) is 4.79. The second-order valence-electron chi connectivity index (χ2n) is 17.1. The van der Waals surface area contributed by atoms with Crippen molar-refractivity contribution in [2.24, 2.45) is 0 Å². The lowest BCUT2D eigenvalue weighted by Gasteiger charge is -2.39. The van der Waals surface area contributed by atoms with Crippen LogP contribution in [-0.2, 0) is 5.41 Å². The van der Waals surface area contributed by atoms with Crippen LogP contribution in [0.2, 0.25) is 0 Å². The molecular formula is C60H36N4. The SMILES string of the molecule is c1ccc2c(c1)-c1ccccc1C21c2ccccc2-n2c3ccc(-c4ccc(-c5nc(-c6cccc7ccccc67)nc(-c6cccc7ccccc67)n5)cc4)cc3c3cccc1c32. The predicted octanol–water partition coefficient (Wildman–Crippen LogP) is 14.6. The zero-order valence-electron chi connectivity index (χ0n) is 34.6. The van der Waals surface area contributed by atoms with E-state index < -0.39 is 5.41 Å². The molecule has 64 heavy (non-hydrogen) atoms. The van der Waals surface area contributed by atoms with E-state index in [-0.39, 0.29) is 0 Å². The van der Waals surface area contributed by atoms with Crippen LogP contribution in [0.3, 0.4) is 0 Å². The molecule has 3 heterocycles. The van der Waals surface area contributed by atoms with Crippen molar-refractivity contribution in [3.8, 4) is 62.1 Å². The summed E-state index contributed by atoms with van der Waals surface area (Å²) in [5.74, 6) is 1.94. The minimum absolute atomic E-state index is 0.428. The number of benzene rings is 10. The van der Waals surface area contributed by atoms with E-state index in [1.54, 1.807) is 0 Å². The fourth-order valence-corrected chi connectivity index (χ4v) is 11.1. The summed E-state index contributed by atoms with van der Waals surface area (Å²) in [7, 11) is 0. The van der Waals surface area contributed by atoms with Crippen LogP contribution < -0.4 is 0 Å². The number of nitrogens with zero attached hydrogens (tertiary/aromatic N) is 4. The number of hydrogen-bond donors (Lipinski definition) is 0. The molecule has 0 amide bonds. The quantitative estimate of drug-likeness (QED) is 0.178. The van der Waals surface area contributed by atoms with Gasteiger partial charge in [-0.3, -0.25) is 0 Å². The number of para-hydroxylation sites is 2. The number of rotatable bonds is 4. The standard InChI is InChI=1S/C60H36N4/c1-3-18-42-38(14-1)16-11-23-47(42)58-61-57(62-59(63-58)48-24-12-17-39-15-2-4-19-43(39)48)40-32-30-37(31-33-40)41-34-35-54-49(36-41)46-22-13-28-53-56(46)64(54)55-29-10-9-27-52(55)60(53)50-25-7-5-20-44(50)45-21-6-8-26-51(45)60/h1-36H. The molecule has 4 nitrogen and oxygen atoms in total. The van der Waals surface area contributed by atoms with Crippen LogP contribution in [0.15, 0.2) is 218 Å². The number of hydrogen-bond acceptors (Lipinski definition) is 3. The van der Waals surface area contributed by atoms with Crippen LogP contribution in [0.4, 0.5) is 0 Å².